The third-order valence-corrected chi connectivity index (χ3v) is 8.57. The molecule has 186 valence electrons. The summed E-state index contributed by atoms with van der Waals surface area (Å²) >= 11 is 0. The largest absolute Gasteiger partial charge is 0.490 e. The topological polar surface area (TPSA) is 157 Å². The van der Waals surface area contributed by atoms with E-state index in [4.69, 9.17) is 20.1 Å². The number of benzene rings is 1. The Bertz CT molecular complexity index is 1580. The summed E-state index contributed by atoms with van der Waals surface area (Å²) in [5.41, 5.74) is 2.29. The molecule has 0 radical (unpaired) electrons. The zero-order valence-corrected chi connectivity index (χ0v) is 20.5. The fraction of sp³-hybridized carbons (Fsp3) is 0.360. The highest BCUT2D eigenvalue weighted by molar-refractivity contribution is 7.90. The van der Waals surface area contributed by atoms with E-state index in [2.05, 4.69) is 5.32 Å². The van der Waals surface area contributed by atoms with Crippen LogP contribution in [0.1, 0.15) is 58.8 Å². The number of carbonyl (C=O) groups is 1. The van der Waals surface area contributed by atoms with Crippen LogP contribution in [0.25, 0.3) is 11.0 Å². The van der Waals surface area contributed by atoms with Crippen molar-refractivity contribution in [2.24, 2.45) is 12.2 Å². The number of sulfonamides is 1. The summed E-state index contributed by atoms with van der Waals surface area (Å²) in [4.78, 5) is 30.8. The van der Waals surface area contributed by atoms with Crippen molar-refractivity contribution in [2.45, 2.75) is 42.9 Å². The number of hydrogen-bond donors (Lipinski definition) is 2. The molecule has 0 aliphatic heterocycles. The lowest BCUT2D eigenvalue weighted by Crippen LogP contribution is -2.36. The molecule has 11 heteroatoms. The van der Waals surface area contributed by atoms with E-state index in [1.807, 2.05) is 6.07 Å². The number of amides is 1. The van der Waals surface area contributed by atoms with Crippen molar-refractivity contribution < 1.29 is 17.9 Å². The molecule has 2 aromatic heterocycles. The molecule has 1 aromatic carbocycles. The third-order valence-electron chi connectivity index (χ3n) is 6.83. The molecule has 2 saturated carbocycles. The Morgan fingerprint density at radius 2 is 1.97 bits per heavy atom. The van der Waals surface area contributed by atoms with Crippen molar-refractivity contribution >= 4 is 27.0 Å². The molecule has 1 amide bonds. The number of nitrogens with one attached hydrogen (secondary N) is 1. The van der Waals surface area contributed by atoms with Gasteiger partial charge in [-0.05, 0) is 49.4 Å². The summed E-state index contributed by atoms with van der Waals surface area (Å²) in [5.74, 6) is 0.0610. The predicted octanol–water partition coefficient (Wildman–Crippen LogP) is 1.81. The normalized spacial score (nSPS) is 16.4. The fourth-order valence-corrected chi connectivity index (χ4v) is 5.06. The lowest BCUT2D eigenvalue weighted by Gasteiger charge is -2.18. The Hall–Kier alpha value is -3.75. The van der Waals surface area contributed by atoms with Gasteiger partial charge in [0.15, 0.2) is 0 Å². The molecule has 0 saturated heterocycles. The number of ether oxygens (including phenoxy) is 1. The van der Waals surface area contributed by atoms with Crippen LogP contribution in [0.4, 0.5) is 0 Å². The Morgan fingerprint density at radius 1 is 1.28 bits per heavy atom. The van der Waals surface area contributed by atoms with Gasteiger partial charge in [0, 0.05) is 31.3 Å². The van der Waals surface area contributed by atoms with Crippen molar-refractivity contribution in [1.82, 2.24) is 14.9 Å². The van der Waals surface area contributed by atoms with Crippen LogP contribution in [-0.2, 0) is 23.6 Å². The average molecular weight is 508 g/mol. The van der Waals surface area contributed by atoms with Crippen LogP contribution in [-0.4, -0.2) is 35.2 Å². The maximum Gasteiger partial charge on any atom is 0.263 e. The molecule has 3 aromatic rings. The van der Waals surface area contributed by atoms with Crippen molar-refractivity contribution in [1.29, 1.82) is 5.26 Å². The van der Waals surface area contributed by atoms with Crippen molar-refractivity contribution in [2.75, 3.05) is 6.61 Å². The molecule has 0 atom stereocenters. The minimum atomic E-state index is -3.78. The first-order valence-electron chi connectivity index (χ1n) is 11.6. The summed E-state index contributed by atoms with van der Waals surface area (Å²) in [6.07, 6.45) is 2.80. The van der Waals surface area contributed by atoms with Crippen molar-refractivity contribution in [3.05, 3.63) is 69.1 Å². The van der Waals surface area contributed by atoms with Gasteiger partial charge in [-0.25, -0.2) is 13.6 Å². The molecule has 0 spiro atoms. The highest BCUT2D eigenvalue weighted by atomic mass is 32.2. The Labute approximate surface area is 207 Å². The fourth-order valence-electron chi connectivity index (χ4n) is 4.17. The number of hydrogen-bond acceptors (Lipinski definition) is 7. The minimum Gasteiger partial charge on any atom is -0.490 e. The molecule has 0 bridgehead atoms. The predicted molar refractivity (Wildman–Crippen MR) is 132 cm³/mol. The number of nitrogens with two attached hydrogens (primary N) is 1. The van der Waals surface area contributed by atoms with Crippen LogP contribution in [0.15, 0.2) is 41.2 Å². The van der Waals surface area contributed by atoms with E-state index in [0.717, 1.165) is 24.1 Å². The van der Waals surface area contributed by atoms with Gasteiger partial charge in [0.05, 0.1) is 17.1 Å². The highest BCUT2D eigenvalue weighted by Crippen LogP contribution is 2.44. The third kappa shape index (κ3) is 4.45. The number of nitrogens with zero attached hydrogens (tertiary/aromatic N) is 3. The Morgan fingerprint density at radius 3 is 2.56 bits per heavy atom. The van der Waals surface area contributed by atoms with Crippen LogP contribution in [0.5, 0.6) is 5.75 Å². The van der Waals surface area contributed by atoms with Crippen molar-refractivity contribution in [3.8, 4) is 11.8 Å². The monoisotopic (exact) mass is 507 g/mol. The van der Waals surface area contributed by atoms with Crippen LogP contribution >= 0.6 is 0 Å². The highest BCUT2D eigenvalue weighted by Gasteiger charge is 2.54. The molecule has 2 heterocycles. The van der Waals surface area contributed by atoms with Gasteiger partial charge in [-0.1, -0.05) is 12.1 Å². The summed E-state index contributed by atoms with van der Waals surface area (Å²) in [6.45, 7) is 0.0708. The molecule has 5 rings (SSSR count). The minimum absolute atomic E-state index is 0.0618. The van der Waals surface area contributed by atoms with Gasteiger partial charge in [0.1, 0.15) is 28.2 Å². The SMILES string of the molecule is Cn1c(=O)c(C(=O)NCc2ccc(C#N)cc2)cc2nc(C3CC3)cc(OCC3(S(N)(=O)=O)CC3)c21. The zero-order chi connectivity index (χ0) is 25.7. The van der Waals surface area contributed by atoms with E-state index in [-0.39, 0.29) is 24.6 Å². The number of aromatic nitrogens is 2. The Balaban J connectivity index is 1.47. The van der Waals surface area contributed by atoms with Gasteiger partial charge in [-0.3, -0.25) is 14.6 Å². The molecular weight excluding hydrogens is 482 g/mol. The number of rotatable bonds is 8. The maximum atomic E-state index is 13.1. The van der Waals surface area contributed by atoms with Crippen LogP contribution < -0.4 is 20.8 Å². The van der Waals surface area contributed by atoms with E-state index >= 15 is 0 Å². The first-order valence-corrected chi connectivity index (χ1v) is 13.1. The lowest BCUT2D eigenvalue weighted by molar-refractivity contribution is 0.0949. The number of carbonyl (C=O) groups excluding carboxylic acids is 1. The van der Waals surface area contributed by atoms with Crippen molar-refractivity contribution in [3.63, 3.8) is 0 Å². The molecule has 0 unspecified atom stereocenters. The van der Waals surface area contributed by atoms with Gasteiger partial charge in [0.25, 0.3) is 11.5 Å². The number of pyridine rings is 2. The number of primary sulfonamides is 1. The van der Waals surface area contributed by atoms with Crippen LogP contribution in [0.3, 0.4) is 0 Å². The molecular formula is C25H25N5O5S. The van der Waals surface area contributed by atoms with Gasteiger partial charge < -0.3 is 14.6 Å². The van der Waals surface area contributed by atoms with Gasteiger partial charge in [-0.15, -0.1) is 0 Å². The molecule has 10 nitrogen and oxygen atoms in total. The Kier molecular flexibility index (Phi) is 5.81. The smallest absolute Gasteiger partial charge is 0.263 e. The lowest BCUT2D eigenvalue weighted by atomic mass is 10.1. The second kappa shape index (κ2) is 8.72. The molecule has 2 fully saturated rings. The second-order valence-corrected chi connectivity index (χ2v) is 11.4. The van der Waals surface area contributed by atoms with Gasteiger partial charge >= 0.3 is 0 Å². The standard InChI is InChI=1S/C25H25N5O5S/c1-30-22-20(10-18(24(30)32)23(31)28-13-16-4-2-15(12-26)3-5-16)29-19(17-6-7-17)11-21(22)35-14-25(8-9-25)36(27,33)34/h2-5,10-11,17H,6-9,13-14H2,1H3,(H,28,31)(H2,27,33,34). The maximum absolute atomic E-state index is 13.1. The van der Waals surface area contributed by atoms with E-state index in [1.54, 1.807) is 30.3 Å². The molecule has 2 aliphatic carbocycles. The molecule has 36 heavy (non-hydrogen) atoms. The van der Waals surface area contributed by atoms with Crippen LogP contribution in [0.2, 0.25) is 0 Å². The zero-order valence-electron chi connectivity index (χ0n) is 19.7. The summed E-state index contributed by atoms with van der Waals surface area (Å²) in [6, 6.07) is 12.0. The average Bonchev–Trinajstić information content (AvgIpc) is 3.76. The summed E-state index contributed by atoms with van der Waals surface area (Å²) in [5, 5.41) is 17.1. The number of fused-ring (bicyclic) bond motifs is 1. The van der Waals surface area contributed by atoms with E-state index < -0.39 is 26.2 Å². The van der Waals surface area contributed by atoms with E-state index in [9.17, 15) is 18.0 Å². The van der Waals surface area contributed by atoms with E-state index in [0.29, 0.717) is 35.2 Å². The second-order valence-electron chi connectivity index (χ2n) is 9.48. The van der Waals surface area contributed by atoms with E-state index in [1.165, 1.54) is 17.7 Å². The van der Waals surface area contributed by atoms with Crippen LogP contribution in [0, 0.1) is 11.3 Å². The van der Waals surface area contributed by atoms with Gasteiger partial charge in [0.2, 0.25) is 10.0 Å². The number of aryl methyl sites for hydroxylation is 1. The quantitative estimate of drug-likeness (QED) is 0.471. The molecule has 3 N–H and O–H groups in total. The first-order chi connectivity index (χ1) is 17.1. The first kappa shape index (κ1) is 24.0. The summed E-state index contributed by atoms with van der Waals surface area (Å²) in [7, 11) is -2.25. The number of nitriles is 1. The molecule has 2 aliphatic rings. The summed E-state index contributed by atoms with van der Waals surface area (Å²) < 4.78 is 30.2. The van der Waals surface area contributed by atoms with Gasteiger partial charge in [-0.2, -0.15) is 5.26 Å².